The highest BCUT2D eigenvalue weighted by Crippen LogP contribution is 2.46. The lowest BCUT2D eigenvalue weighted by Crippen LogP contribution is -2.72. The first kappa shape index (κ1) is 128. The van der Waals surface area contributed by atoms with Crippen LogP contribution < -0.4 is 21.3 Å². The fraction of sp³-hybridized carbons (Fsp3) is 0.896. The van der Waals surface area contributed by atoms with E-state index < -0.39 is 369 Å². The number of carbonyl (C=O) groups excluding carboxylic acids is 5. The number of allylic oxidation sites excluding steroid dienone is 2. The van der Waals surface area contributed by atoms with E-state index in [0.717, 1.165) is 111 Å². The van der Waals surface area contributed by atoms with Crippen molar-refractivity contribution in [2.24, 2.45) is 5.92 Å². The minimum atomic E-state index is -3.81. The van der Waals surface area contributed by atoms with Crippen molar-refractivity contribution in [3.63, 3.8) is 0 Å². The number of aliphatic carboxylic acids is 3. The van der Waals surface area contributed by atoms with Gasteiger partial charge in [0.2, 0.25) is 23.6 Å². The number of aliphatic hydroxyl groups is 22. The Hall–Kier alpha value is -5.74. The Morgan fingerprint density at radius 3 is 1.19 bits per heavy atom. The van der Waals surface area contributed by atoms with Gasteiger partial charge >= 0.3 is 17.9 Å². The van der Waals surface area contributed by atoms with E-state index in [1.165, 1.54) is 70.6 Å². The first-order valence-electron chi connectivity index (χ1n) is 51.6. The number of carboxylic acids is 3. The molecule has 0 radical (unpaired) electrons. The summed E-state index contributed by atoms with van der Waals surface area (Å²) >= 11 is 0. The van der Waals surface area contributed by atoms with Gasteiger partial charge in [-0.2, -0.15) is 0 Å². The number of Topliss-reactive ketones (excluding diaryl/α,β-unsaturated/α-hetero) is 1. The number of unbranched alkanes of at least 4 members (excludes halogenated alkanes) is 23. The molecule has 147 heavy (non-hydrogen) atoms. The SMILES string of the molecule is CCCCCCCCC=CCCCCCCCC(=O)NC(COC1OC(CO)C(OC2OC(CO)C(OC3OC(CO)C(O)C(OC4OC(CO)C(O)C(O)C4O)C3CC(C)=O)C(OC3(C(=O)O)CC(O)C(NC(C)=O)C(C(O)C(CO)OC4(C(=O)O)CC(O)C(NC(C)=O)C(C(O)C(CO)OC5(C(=O)O)CC(O)C(NC(C)=O)C(C(O)C(O)CO)O5)O4)O3)C2O)C(O)C1O)C(O)CCCCCCCCCCCCCCC. The maximum atomic E-state index is 14.7. The molecule has 7 fully saturated rings. The number of ketones is 1. The van der Waals surface area contributed by atoms with Gasteiger partial charge < -0.3 is 220 Å². The van der Waals surface area contributed by atoms with E-state index in [-0.39, 0.29) is 12.8 Å². The van der Waals surface area contributed by atoms with Crippen LogP contribution in [0.3, 0.4) is 0 Å². The van der Waals surface area contributed by atoms with Crippen LogP contribution >= 0.6 is 0 Å². The molecule has 51 heteroatoms. The summed E-state index contributed by atoms with van der Waals surface area (Å²) < 4.78 is 84.5. The standard InChI is InChI=1S/C96H166N4O47/c1-7-9-11-13-15-17-19-21-22-24-26-28-30-32-34-36-66(117)100-54(55(112)35-33-31-29-27-25-23-20-18-16-14-12-10-8-2)48-134-88-78(126)76(124)81(64(46-106)137-88)140-90-79(127)86(82(65(47-107)138-90)141-87-53(37-49(3)108)80(72(120)61(43-103)135-87)139-89-77(125)75(123)71(119)60(42-102)136-89)147-96(93(132)133)40-58(115)69(99-52(6)111)85(146-96)74(122)63(45-105)143-95(92(130)131)39-57(114)68(98-51(5)110)84(145-95)73(121)62(44-104)142-94(91(128)129)38-56(113)67(97-50(4)109)83(144-94)70(118)59(116)41-101/h21-22,53-65,67-90,101-107,112-116,118-127H,7-20,23-48H2,1-6H3,(H,97,109)(H,98,110)(H,99,111)(H,100,117)(H,128,129)(H,130,131)(H,132,133). The smallest absolute Gasteiger partial charge is 0.364 e. The van der Waals surface area contributed by atoms with Gasteiger partial charge in [-0.1, -0.05) is 161 Å². The predicted molar refractivity (Wildman–Crippen MR) is 502 cm³/mol. The van der Waals surface area contributed by atoms with Gasteiger partial charge in [-0.25, -0.2) is 14.4 Å². The molecule has 0 bridgehead atoms. The van der Waals surface area contributed by atoms with E-state index in [1.807, 2.05) is 0 Å². The zero-order chi connectivity index (χ0) is 109. The van der Waals surface area contributed by atoms with Gasteiger partial charge in [-0.05, 0) is 45.4 Å². The summed E-state index contributed by atoms with van der Waals surface area (Å²) in [5.41, 5.74) is 0. The Labute approximate surface area is 853 Å². The summed E-state index contributed by atoms with van der Waals surface area (Å²) in [4.78, 5) is 108. The van der Waals surface area contributed by atoms with E-state index in [2.05, 4.69) is 47.3 Å². The molecule has 852 valence electrons. The maximum absolute atomic E-state index is 14.7. The Morgan fingerprint density at radius 2 is 0.755 bits per heavy atom. The third kappa shape index (κ3) is 36.2. The van der Waals surface area contributed by atoms with Crippen molar-refractivity contribution in [1.82, 2.24) is 21.3 Å². The van der Waals surface area contributed by atoms with Crippen LogP contribution in [0.15, 0.2) is 12.2 Å². The molecule has 29 N–H and O–H groups in total. The molecule has 7 heterocycles. The molecule has 7 aliphatic heterocycles. The highest BCUT2D eigenvalue weighted by molar-refractivity contribution is 5.79. The lowest BCUT2D eigenvalue weighted by molar-refractivity contribution is -0.407. The quantitative estimate of drug-likeness (QED) is 0.0199. The topological polar surface area (TPSA) is 820 Å². The third-order valence-corrected chi connectivity index (χ3v) is 27.9. The Morgan fingerprint density at radius 1 is 0.381 bits per heavy atom. The van der Waals surface area contributed by atoms with Crippen molar-refractivity contribution < 1.29 is 232 Å². The lowest BCUT2D eigenvalue weighted by Gasteiger charge is -2.53. The molecule has 7 saturated heterocycles. The zero-order valence-electron chi connectivity index (χ0n) is 84.5. The van der Waals surface area contributed by atoms with E-state index >= 15 is 0 Å². The molecule has 40 atom stereocenters. The lowest BCUT2D eigenvalue weighted by atomic mass is 9.86. The normalized spacial score (nSPS) is 35.5. The molecular formula is C96H166N4O47. The number of rotatable bonds is 67. The minimum absolute atomic E-state index is 0.0660. The van der Waals surface area contributed by atoms with Gasteiger partial charge in [0.15, 0.2) is 25.2 Å². The van der Waals surface area contributed by atoms with Crippen molar-refractivity contribution in [3.05, 3.63) is 12.2 Å². The van der Waals surface area contributed by atoms with Crippen LogP contribution in [0.1, 0.15) is 247 Å². The van der Waals surface area contributed by atoms with Gasteiger partial charge in [0.1, 0.15) is 146 Å². The van der Waals surface area contributed by atoms with Gasteiger partial charge in [0.05, 0.1) is 108 Å². The molecule has 0 saturated carbocycles. The fourth-order valence-corrected chi connectivity index (χ4v) is 19.7. The number of nitrogens with one attached hydrogen (secondary N) is 4. The number of carbonyl (C=O) groups is 8. The van der Waals surface area contributed by atoms with Crippen LogP contribution in [0, 0.1) is 5.92 Å². The molecule has 4 amide bonds. The highest BCUT2D eigenvalue weighted by Gasteiger charge is 2.66. The molecule has 0 aromatic carbocycles. The van der Waals surface area contributed by atoms with Crippen LogP contribution in [0.5, 0.6) is 0 Å². The average Bonchev–Trinajstić information content (AvgIpc) is 0.739. The van der Waals surface area contributed by atoms with E-state index in [4.69, 9.17) is 66.3 Å². The van der Waals surface area contributed by atoms with Crippen molar-refractivity contribution in [2.75, 3.05) is 52.9 Å². The molecule has 40 unspecified atom stereocenters. The van der Waals surface area contributed by atoms with Gasteiger partial charge in [0, 0.05) is 58.8 Å². The predicted octanol–water partition coefficient (Wildman–Crippen LogP) is -5.60. The number of hydrogen-bond acceptors (Lipinski definition) is 44. The zero-order valence-corrected chi connectivity index (χ0v) is 84.5. The first-order valence-corrected chi connectivity index (χ1v) is 51.6. The fourth-order valence-electron chi connectivity index (χ4n) is 19.7. The average molecular weight is 2130 g/mol. The summed E-state index contributed by atoms with van der Waals surface area (Å²) in [6, 6.07) is -7.37. The van der Waals surface area contributed by atoms with Crippen LogP contribution in [0.25, 0.3) is 0 Å². The van der Waals surface area contributed by atoms with Gasteiger partial charge in [-0.3, -0.25) is 19.2 Å². The summed E-state index contributed by atoms with van der Waals surface area (Å²) in [5.74, 6) is -24.2. The van der Waals surface area contributed by atoms with Crippen LogP contribution in [0.2, 0.25) is 0 Å². The Kier molecular flexibility index (Phi) is 55.2. The molecule has 0 aromatic heterocycles. The first-order chi connectivity index (χ1) is 69.9. The summed E-state index contributed by atoms with van der Waals surface area (Å²) in [7, 11) is 0. The molecule has 7 aliphatic rings. The van der Waals surface area contributed by atoms with Crippen LogP contribution in [0.4, 0.5) is 0 Å². The third-order valence-electron chi connectivity index (χ3n) is 27.9. The van der Waals surface area contributed by atoms with Crippen molar-refractivity contribution in [1.29, 1.82) is 0 Å². The Bertz CT molecular complexity index is 3910. The maximum Gasteiger partial charge on any atom is 0.364 e. The number of aliphatic hydroxyl groups excluding tert-OH is 22. The van der Waals surface area contributed by atoms with Gasteiger partial charge in [0.25, 0.3) is 17.4 Å². The number of amides is 4. The summed E-state index contributed by atoms with van der Waals surface area (Å²) in [6.45, 7) is -2.11. The molecule has 0 aromatic rings. The largest absolute Gasteiger partial charge is 0.477 e. The number of ether oxygens (including phenoxy) is 14. The molecule has 0 spiro atoms. The minimum Gasteiger partial charge on any atom is -0.477 e. The number of carboxylic acid groups (broad SMARTS) is 3. The van der Waals surface area contributed by atoms with Crippen molar-refractivity contribution in [3.8, 4) is 0 Å². The van der Waals surface area contributed by atoms with Crippen LogP contribution in [-0.4, -0.2) is 465 Å². The summed E-state index contributed by atoms with van der Waals surface area (Å²) in [5, 5.41) is 296. The summed E-state index contributed by atoms with van der Waals surface area (Å²) in [6.07, 6.45) is -47.6. The highest BCUT2D eigenvalue weighted by atomic mass is 16.8. The van der Waals surface area contributed by atoms with E-state index in [1.54, 1.807) is 0 Å². The monoisotopic (exact) mass is 2130 g/mol. The number of hydrogen-bond donors (Lipinski definition) is 29. The van der Waals surface area contributed by atoms with Crippen LogP contribution in [-0.2, 0) is 105 Å². The molecule has 7 rings (SSSR count). The van der Waals surface area contributed by atoms with Crippen molar-refractivity contribution in [2.45, 2.75) is 485 Å². The molecular weight excluding hydrogens is 1960 g/mol. The Balaban J connectivity index is 1.24. The van der Waals surface area contributed by atoms with Crippen molar-refractivity contribution >= 4 is 47.3 Å². The second-order valence-corrected chi connectivity index (χ2v) is 39.5. The van der Waals surface area contributed by atoms with Gasteiger partial charge in [-0.15, -0.1) is 0 Å². The molecule has 51 nitrogen and oxygen atoms in total. The van der Waals surface area contributed by atoms with E-state index in [9.17, 15) is 166 Å². The second kappa shape index (κ2) is 63.3. The second-order valence-electron chi connectivity index (χ2n) is 39.5. The molecule has 0 aliphatic carbocycles. The van der Waals surface area contributed by atoms with E-state index in [0.29, 0.717) is 12.8 Å².